The minimum absolute atomic E-state index is 0.153. The number of aryl methyl sites for hydroxylation is 1. The minimum atomic E-state index is -0.961. The van der Waals surface area contributed by atoms with Gasteiger partial charge in [0.15, 0.2) is 11.0 Å². The first-order valence-electron chi connectivity index (χ1n) is 13.8. The normalized spacial score (nSPS) is 13.7. The van der Waals surface area contributed by atoms with E-state index in [1.54, 1.807) is 0 Å². The molecule has 0 atom stereocenters. The second-order valence-corrected chi connectivity index (χ2v) is 11.0. The summed E-state index contributed by atoms with van der Waals surface area (Å²) in [6.07, 6.45) is 2.99. The molecule has 0 unspecified atom stereocenters. The van der Waals surface area contributed by atoms with Gasteiger partial charge >= 0.3 is 18.3 Å². The summed E-state index contributed by atoms with van der Waals surface area (Å²) < 4.78 is 0. The lowest BCUT2D eigenvalue weighted by Crippen LogP contribution is -2.44. The molecule has 1 saturated heterocycles. The van der Waals surface area contributed by atoms with E-state index in [0.717, 1.165) is 72.6 Å². The first-order chi connectivity index (χ1) is 21.6. The highest BCUT2D eigenvalue weighted by molar-refractivity contribution is 7.99. The van der Waals surface area contributed by atoms with Crippen molar-refractivity contribution in [3.63, 3.8) is 0 Å². The van der Waals surface area contributed by atoms with E-state index in [0.29, 0.717) is 23.3 Å². The fourth-order valence-corrected chi connectivity index (χ4v) is 4.73. The molecule has 240 valence electrons. The first kappa shape index (κ1) is 36.5. The van der Waals surface area contributed by atoms with Gasteiger partial charge in [-0.1, -0.05) is 12.1 Å². The Kier molecular flexibility index (Phi) is 15.8. The van der Waals surface area contributed by atoms with Crippen LogP contribution in [0.1, 0.15) is 30.5 Å². The zero-order valence-electron chi connectivity index (χ0n) is 24.9. The van der Waals surface area contributed by atoms with Crippen molar-refractivity contribution < 1.29 is 39.0 Å². The molecule has 2 fully saturated rings. The smallest absolute Gasteiger partial charge is 0.373 e. The van der Waals surface area contributed by atoms with Gasteiger partial charge in [0.25, 0.3) is 0 Å². The van der Waals surface area contributed by atoms with Crippen LogP contribution in [0.25, 0.3) is 0 Å². The maximum absolute atomic E-state index is 12.1. The number of carboxylic acid groups (broad SMARTS) is 1. The number of carboxylic acids is 1. The molecule has 2 aliphatic rings. The molecule has 16 heteroatoms. The van der Waals surface area contributed by atoms with Gasteiger partial charge in [-0.25, -0.2) is 9.97 Å². The van der Waals surface area contributed by atoms with Gasteiger partial charge in [-0.05, 0) is 56.3 Å². The Morgan fingerprint density at radius 2 is 1.62 bits per heavy atom. The monoisotopic (exact) mass is 641 g/mol. The lowest BCUT2D eigenvalue weighted by atomic mass is 10.1. The Morgan fingerprint density at radius 3 is 2.11 bits per heavy atom. The van der Waals surface area contributed by atoms with Crippen molar-refractivity contribution in [2.45, 2.75) is 42.7 Å². The van der Waals surface area contributed by atoms with E-state index in [2.05, 4.69) is 44.5 Å². The number of aliphatic carboxylic acids is 1. The summed E-state index contributed by atoms with van der Waals surface area (Å²) in [4.78, 5) is 69.3. The highest BCUT2D eigenvalue weighted by Gasteiger charge is 2.29. The number of hydrogen-bond donors (Lipinski definition) is 4. The van der Waals surface area contributed by atoms with Crippen LogP contribution in [0.5, 0.6) is 0 Å². The molecular weight excluding hydrogens is 606 g/mol. The van der Waals surface area contributed by atoms with Gasteiger partial charge in [0.2, 0.25) is 0 Å². The number of hydrogen-bond acceptors (Lipinski definition) is 14. The Bertz CT molecular complexity index is 1430. The van der Waals surface area contributed by atoms with E-state index < -0.39 is 5.97 Å². The summed E-state index contributed by atoms with van der Waals surface area (Å²) in [6, 6.07) is 12.1. The van der Waals surface area contributed by atoms with Gasteiger partial charge in [0, 0.05) is 61.2 Å². The summed E-state index contributed by atoms with van der Waals surface area (Å²) in [5.74, 6) is 2.08. The lowest BCUT2D eigenvalue weighted by Gasteiger charge is -2.33. The SMILES string of the molecule is Cc1cc(Nc2cc(N3CCN(C)CC3)nc(Sc3ccc(CC(=O)C4CC4)cc3)n2)n[nH]1.O=C(O)CCO.O=C=O.O=C=O. The molecule has 0 spiro atoms. The maximum Gasteiger partial charge on any atom is 0.373 e. The molecule has 3 heterocycles. The molecule has 1 saturated carbocycles. The number of rotatable bonds is 10. The number of piperazine rings is 1. The Labute approximate surface area is 263 Å². The molecular formula is C29H35N7O8S. The summed E-state index contributed by atoms with van der Waals surface area (Å²) in [5, 5.41) is 26.8. The van der Waals surface area contributed by atoms with Crippen molar-refractivity contribution in [2.75, 3.05) is 50.1 Å². The molecule has 0 radical (unpaired) electrons. The van der Waals surface area contributed by atoms with E-state index in [-0.39, 0.29) is 25.3 Å². The molecule has 2 aromatic heterocycles. The topological polar surface area (TPSA) is 216 Å². The highest BCUT2D eigenvalue weighted by atomic mass is 32.2. The molecule has 1 aliphatic carbocycles. The van der Waals surface area contributed by atoms with Gasteiger partial charge < -0.3 is 25.3 Å². The Hall–Kier alpha value is -4.72. The van der Waals surface area contributed by atoms with E-state index in [9.17, 15) is 9.59 Å². The number of benzene rings is 1. The van der Waals surface area contributed by atoms with E-state index in [1.807, 2.05) is 31.2 Å². The van der Waals surface area contributed by atoms with E-state index in [4.69, 9.17) is 39.4 Å². The minimum Gasteiger partial charge on any atom is -0.481 e. The number of aromatic nitrogens is 4. The van der Waals surface area contributed by atoms with Gasteiger partial charge in [-0.15, -0.1) is 0 Å². The van der Waals surface area contributed by atoms with Gasteiger partial charge in [0.05, 0.1) is 13.0 Å². The van der Waals surface area contributed by atoms with Crippen molar-refractivity contribution in [2.24, 2.45) is 5.92 Å². The zero-order chi connectivity index (χ0) is 33.2. The lowest BCUT2D eigenvalue weighted by molar-refractivity contribution is -0.193. The van der Waals surface area contributed by atoms with Crippen LogP contribution in [0.15, 0.2) is 46.5 Å². The number of likely N-dealkylation sites (N-methyl/N-ethyl adjacent to an activating group) is 1. The number of H-pyrrole nitrogens is 1. The fraction of sp³-hybridized carbons (Fsp3) is 0.414. The van der Waals surface area contributed by atoms with Crippen LogP contribution in [-0.4, -0.2) is 99.2 Å². The second kappa shape index (κ2) is 19.5. The van der Waals surface area contributed by atoms with Gasteiger partial charge in [-0.3, -0.25) is 14.7 Å². The molecule has 1 aromatic carbocycles. The standard InChI is InChI=1S/C24H29N7OS.C3H6O3.2CO2/c1-16-13-22(29-28-16)25-21-15-23(31-11-9-30(2)10-12-31)27-24(26-21)33-19-7-3-17(4-8-19)14-20(32)18-5-6-18;4-2-1-3(5)6;2*2-1-3/h3-4,7-8,13,15,18H,5-6,9-12,14H2,1-2H3,(H2,25,26,27,28,29);4H,1-2H2,(H,5,6);;. The summed E-state index contributed by atoms with van der Waals surface area (Å²) in [5.41, 5.74) is 2.06. The Balaban J connectivity index is 0.000000507. The number of nitrogens with zero attached hydrogens (tertiary/aromatic N) is 5. The average molecular weight is 642 g/mol. The highest BCUT2D eigenvalue weighted by Crippen LogP contribution is 2.32. The zero-order valence-corrected chi connectivity index (χ0v) is 25.7. The number of aromatic amines is 1. The van der Waals surface area contributed by atoms with Crippen LogP contribution in [-0.2, 0) is 35.2 Å². The predicted molar refractivity (Wildman–Crippen MR) is 160 cm³/mol. The number of nitrogens with one attached hydrogen (secondary N) is 2. The third-order valence-corrected chi connectivity index (χ3v) is 7.22. The number of carbonyl (C=O) groups excluding carboxylic acids is 5. The summed E-state index contributed by atoms with van der Waals surface area (Å²) in [6.45, 7) is 5.58. The predicted octanol–water partition coefficient (Wildman–Crippen LogP) is 1.96. The van der Waals surface area contributed by atoms with E-state index >= 15 is 0 Å². The van der Waals surface area contributed by atoms with E-state index in [1.165, 1.54) is 11.8 Å². The van der Waals surface area contributed by atoms with Crippen molar-refractivity contribution in [1.29, 1.82) is 0 Å². The van der Waals surface area contributed by atoms with Crippen molar-refractivity contribution in [3.05, 3.63) is 47.7 Å². The quantitative estimate of drug-likeness (QED) is 0.233. The number of aliphatic hydroxyl groups excluding tert-OH is 1. The van der Waals surface area contributed by atoms with Crippen molar-refractivity contribution in [1.82, 2.24) is 25.1 Å². The number of carbonyl (C=O) groups is 2. The first-order valence-corrected chi connectivity index (χ1v) is 14.7. The Morgan fingerprint density at radius 1 is 1.00 bits per heavy atom. The molecule has 15 nitrogen and oxygen atoms in total. The second-order valence-electron chi connectivity index (χ2n) is 9.94. The van der Waals surface area contributed by atoms with Crippen molar-refractivity contribution >= 4 is 53.3 Å². The molecule has 45 heavy (non-hydrogen) atoms. The molecule has 3 aromatic rings. The molecule has 4 N–H and O–H groups in total. The van der Waals surface area contributed by atoms with Gasteiger partial charge in [0.1, 0.15) is 17.4 Å². The molecule has 0 amide bonds. The van der Waals surface area contributed by atoms with Crippen LogP contribution in [0.2, 0.25) is 0 Å². The molecule has 1 aliphatic heterocycles. The average Bonchev–Trinajstić information content (AvgIpc) is 3.77. The van der Waals surface area contributed by atoms with Crippen LogP contribution >= 0.6 is 11.8 Å². The largest absolute Gasteiger partial charge is 0.481 e. The van der Waals surface area contributed by atoms with Crippen LogP contribution in [0.3, 0.4) is 0 Å². The third-order valence-electron chi connectivity index (χ3n) is 6.35. The molecule has 0 bridgehead atoms. The molecule has 5 rings (SSSR count). The van der Waals surface area contributed by atoms with Crippen molar-refractivity contribution in [3.8, 4) is 0 Å². The summed E-state index contributed by atoms with van der Waals surface area (Å²) in [7, 11) is 2.15. The number of ketones is 1. The number of aliphatic hydroxyl groups is 1. The number of Topliss-reactive ketones (excluding diaryl/α,β-unsaturated/α-hetero) is 1. The summed E-state index contributed by atoms with van der Waals surface area (Å²) >= 11 is 1.53. The van der Waals surface area contributed by atoms with Crippen LogP contribution < -0.4 is 10.2 Å². The van der Waals surface area contributed by atoms with Crippen LogP contribution in [0, 0.1) is 12.8 Å². The van der Waals surface area contributed by atoms with Gasteiger partial charge in [-0.2, -0.15) is 24.3 Å². The maximum atomic E-state index is 12.1. The fourth-order valence-electron chi connectivity index (χ4n) is 3.96. The number of anilines is 3. The van der Waals surface area contributed by atoms with Crippen LogP contribution in [0.4, 0.5) is 17.5 Å². The third kappa shape index (κ3) is 14.1.